The molecule has 4 aliphatic heterocycles. The molecule has 4 N–H and O–H groups in total. The largest absolute Gasteiger partial charge is 0.355 e. The molecule has 4 heterocycles. The number of amides is 2. The SMILES string of the molecule is CC(C)C1CCC(C(=O)N2CCC(CCCCNC(=O)C3CC4CNCCC4N3)CC2)CN1. The first-order valence-electron chi connectivity index (χ1n) is 13.8. The molecule has 2 amide bonds. The molecular weight excluding hydrogens is 414 g/mol. The lowest BCUT2D eigenvalue weighted by molar-refractivity contribution is -0.137. The molecule has 0 radical (unpaired) electrons. The van der Waals surface area contributed by atoms with Crippen LogP contribution in [0.2, 0.25) is 0 Å². The number of likely N-dealkylation sites (tertiary alicyclic amines) is 1. The second-order valence-corrected chi connectivity index (χ2v) is 11.4. The molecule has 0 spiro atoms. The molecule has 5 unspecified atom stereocenters. The van der Waals surface area contributed by atoms with Crippen LogP contribution in [0.1, 0.15) is 71.6 Å². The first-order chi connectivity index (χ1) is 16.0. The Morgan fingerprint density at radius 1 is 1.03 bits per heavy atom. The summed E-state index contributed by atoms with van der Waals surface area (Å²) in [5.74, 6) is 2.72. The maximum atomic E-state index is 12.9. The van der Waals surface area contributed by atoms with Crippen LogP contribution < -0.4 is 21.3 Å². The van der Waals surface area contributed by atoms with E-state index in [0.29, 0.717) is 29.8 Å². The fraction of sp³-hybridized carbons (Fsp3) is 0.923. The summed E-state index contributed by atoms with van der Waals surface area (Å²) in [6, 6.07) is 1.09. The Morgan fingerprint density at radius 2 is 1.85 bits per heavy atom. The molecule has 0 aromatic heterocycles. The number of nitrogens with zero attached hydrogens (tertiary/aromatic N) is 1. The normalized spacial score (nSPS) is 33.2. The van der Waals surface area contributed by atoms with Gasteiger partial charge in [0.2, 0.25) is 11.8 Å². The molecule has 4 saturated heterocycles. The van der Waals surface area contributed by atoms with Gasteiger partial charge in [-0.15, -0.1) is 0 Å². The Labute approximate surface area is 200 Å². The number of unbranched alkanes of at least 4 members (excludes halogenated alkanes) is 1. The molecule has 5 atom stereocenters. The van der Waals surface area contributed by atoms with Gasteiger partial charge in [0.05, 0.1) is 12.0 Å². The van der Waals surface area contributed by atoms with Gasteiger partial charge in [-0.05, 0) is 75.8 Å². The third-order valence-electron chi connectivity index (χ3n) is 8.75. The maximum absolute atomic E-state index is 12.9. The molecule has 7 heteroatoms. The van der Waals surface area contributed by atoms with Crippen molar-refractivity contribution < 1.29 is 9.59 Å². The lowest BCUT2D eigenvalue weighted by Gasteiger charge is -2.37. The molecule has 4 aliphatic rings. The summed E-state index contributed by atoms with van der Waals surface area (Å²) in [7, 11) is 0. The number of carbonyl (C=O) groups excluding carboxylic acids is 2. The number of piperidine rings is 3. The lowest BCUT2D eigenvalue weighted by Crippen LogP contribution is -2.49. The van der Waals surface area contributed by atoms with Crippen LogP contribution in [0.4, 0.5) is 0 Å². The number of hydrogen-bond acceptors (Lipinski definition) is 5. The van der Waals surface area contributed by atoms with Gasteiger partial charge in [0.15, 0.2) is 0 Å². The van der Waals surface area contributed by atoms with Gasteiger partial charge in [-0.3, -0.25) is 9.59 Å². The number of fused-ring (bicyclic) bond motifs is 1. The summed E-state index contributed by atoms with van der Waals surface area (Å²) in [5.41, 5.74) is 0. The highest BCUT2D eigenvalue weighted by atomic mass is 16.2. The Balaban J connectivity index is 1.05. The number of rotatable bonds is 8. The lowest BCUT2D eigenvalue weighted by atomic mass is 9.87. The van der Waals surface area contributed by atoms with Crippen molar-refractivity contribution >= 4 is 11.8 Å². The first-order valence-corrected chi connectivity index (χ1v) is 13.8. The quantitative estimate of drug-likeness (QED) is 0.415. The molecule has 4 fully saturated rings. The van der Waals surface area contributed by atoms with Gasteiger partial charge >= 0.3 is 0 Å². The summed E-state index contributed by atoms with van der Waals surface area (Å²) < 4.78 is 0. The molecule has 0 saturated carbocycles. The van der Waals surface area contributed by atoms with E-state index in [1.165, 1.54) is 6.42 Å². The van der Waals surface area contributed by atoms with Crippen LogP contribution in [0, 0.1) is 23.7 Å². The molecule has 7 nitrogen and oxygen atoms in total. The van der Waals surface area contributed by atoms with E-state index >= 15 is 0 Å². The second-order valence-electron chi connectivity index (χ2n) is 11.4. The molecule has 0 aliphatic carbocycles. The molecule has 4 rings (SSSR count). The molecule has 0 aromatic carbocycles. The van der Waals surface area contributed by atoms with Crippen molar-refractivity contribution in [3.8, 4) is 0 Å². The van der Waals surface area contributed by atoms with Crippen LogP contribution in [-0.4, -0.2) is 74.1 Å². The number of hydrogen-bond donors (Lipinski definition) is 4. The van der Waals surface area contributed by atoms with Crippen molar-refractivity contribution in [1.82, 2.24) is 26.2 Å². The van der Waals surface area contributed by atoms with E-state index in [9.17, 15) is 9.59 Å². The Hall–Kier alpha value is -1.18. The van der Waals surface area contributed by atoms with Crippen LogP contribution in [0.3, 0.4) is 0 Å². The fourth-order valence-corrected chi connectivity index (χ4v) is 6.45. The first kappa shape index (κ1) is 24.9. The van der Waals surface area contributed by atoms with Gasteiger partial charge in [0, 0.05) is 38.3 Å². The van der Waals surface area contributed by atoms with Crippen LogP contribution >= 0.6 is 0 Å². The van der Waals surface area contributed by atoms with Crippen LogP contribution in [0.15, 0.2) is 0 Å². The highest BCUT2D eigenvalue weighted by Gasteiger charge is 2.38. The van der Waals surface area contributed by atoms with E-state index in [-0.39, 0.29) is 17.9 Å². The number of nitrogens with one attached hydrogen (secondary N) is 4. The van der Waals surface area contributed by atoms with E-state index in [2.05, 4.69) is 40.0 Å². The summed E-state index contributed by atoms with van der Waals surface area (Å²) in [6.45, 7) is 10.1. The third-order valence-corrected chi connectivity index (χ3v) is 8.75. The van der Waals surface area contributed by atoms with Crippen LogP contribution in [0.25, 0.3) is 0 Å². The average molecular weight is 462 g/mol. The van der Waals surface area contributed by atoms with Crippen molar-refractivity contribution in [3.05, 3.63) is 0 Å². The minimum atomic E-state index is -0.00242. The Bertz CT molecular complexity index is 627. The summed E-state index contributed by atoms with van der Waals surface area (Å²) in [5, 5.41) is 13.7. The molecule has 33 heavy (non-hydrogen) atoms. The van der Waals surface area contributed by atoms with Crippen molar-refractivity contribution in [3.63, 3.8) is 0 Å². The maximum Gasteiger partial charge on any atom is 0.237 e. The zero-order chi connectivity index (χ0) is 23.2. The van der Waals surface area contributed by atoms with E-state index < -0.39 is 0 Å². The van der Waals surface area contributed by atoms with Crippen molar-refractivity contribution in [2.24, 2.45) is 23.7 Å². The standard InChI is InChI=1S/C26H47N5O2/c1-18(2)22-7-6-20(17-29-22)26(33)31-13-9-19(10-14-31)5-3-4-11-28-25(32)24-15-21-16-27-12-8-23(21)30-24/h18-24,27,29-30H,3-17H2,1-2H3,(H,28,32). The fourth-order valence-electron chi connectivity index (χ4n) is 6.45. The Kier molecular flexibility index (Phi) is 9.05. The van der Waals surface area contributed by atoms with Crippen LogP contribution in [-0.2, 0) is 9.59 Å². The predicted octanol–water partition coefficient (Wildman–Crippen LogP) is 1.88. The van der Waals surface area contributed by atoms with E-state index in [0.717, 1.165) is 96.6 Å². The monoisotopic (exact) mass is 461 g/mol. The van der Waals surface area contributed by atoms with Gasteiger partial charge in [-0.25, -0.2) is 0 Å². The zero-order valence-electron chi connectivity index (χ0n) is 20.9. The van der Waals surface area contributed by atoms with Crippen LogP contribution in [0.5, 0.6) is 0 Å². The van der Waals surface area contributed by atoms with Gasteiger partial charge in [-0.1, -0.05) is 26.7 Å². The van der Waals surface area contributed by atoms with Gasteiger partial charge in [0.25, 0.3) is 0 Å². The second kappa shape index (κ2) is 12.0. The highest BCUT2D eigenvalue weighted by molar-refractivity contribution is 5.82. The molecule has 0 aromatic rings. The van der Waals surface area contributed by atoms with Crippen molar-refractivity contribution in [1.29, 1.82) is 0 Å². The van der Waals surface area contributed by atoms with Gasteiger partial charge in [-0.2, -0.15) is 0 Å². The number of carbonyl (C=O) groups is 2. The third kappa shape index (κ3) is 6.70. The van der Waals surface area contributed by atoms with Crippen molar-refractivity contribution in [2.75, 3.05) is 39.3 Å². The molecular formula is C26H47N5O2. The van der Waals surface area contributed by atoms with E-state index in [4.69, 9.17) is 0 Å². The summed E-state index contributed by atoms with van der Waals surface area (Å²) >= 11 is 0. The Morgan fingerprint density at radius 3 is 2.55 bits per heavy atom. The van der Waals surface area contributed by atoms with E-state index in [1.54, 1.807) is 0 Å². The summed E-state index contributed by atoms with van der Waals surface area (Å²) in [6.07, 6.45) is 9.96. The highest BCUT2D eigenvalue weighted by Crippen LogP contribution is 2.27. The molecule has 0 bridgehead atoms. The van der Waals surface area contributed by atoms with Crippen molar-refractivity contribution in [2.45, 2.75) is 89.8 Å². The predicted molar refractivity (Wildman–Crippen MR) is 132 cm³/mol. The summed E-state index contributed by atoms with van der Waals surface area (Å²) in [4.78, 5) is 27.6. The zero-order valence-corrected chi connectivity index (χ0v) is 20.9. The van der Waals surface area contributed by atoms with Gasteiger partial charge in [0.1, 0.15) is 0 Å². The van der Waals surface area contributed by atoms with E-state index in [1.807, 2.05) is 0 Å². The topological polar surface area (TPSA) is 85.5 Å². The smallest absolute Gasteiger partial charge is 0.237 e. The molecule has 188 valence electrons. The minimum Gasteiger partial charge on any atom is -0.355 e. The average Bonchev–Trinajstić information content (AvgIpc) is 3.28. The van der Waals surface area contributed by atoms with Gasteiger partial charge < -0.3 is 26.2 Å². The minimum absolute atomic E-state index is 0.00242.